The number of benzene rings is 4. The second-order valence-electron chi connectivity index (χ2n) is 13.5. The zero-order valence-electron chi connectivity index (χ0n) is 28.8. The van der Waals surface area contributed by atoms with E-state index in [0.717, 1.165) is 74.8 Å². The topological polar surface area (TPSA) is 138 Å². The number of carbonyl (C=O) groups excluding carboxylic acids is 4. The third-order valence-corrected chi connectivity index (χ3v) is 11.5. The summed E-state index contributed by atoms with van der Waals surface area (Å²) in [5, 5.41) is 3.75. The minimum atomic E-state index is -0.551. The highest BCUT2D eigenvalue weighted by Gasteiger charge is 2.49. The van der Waals surface area contributed by atoms with Crippen LogP contribution in [-0.2, 0) is 19.2 Å². The van der Waals surface area contributed by atoms with Gasteiger partial charge in [0.15, 0.2) is 0 Å². The predicted octanol–water partition coefficient (Wildman–Crippen LogP) is 8.84. The van der Waals surface area contributed by atoms with Crippen LogP contribution in [0, 0.1) is 0 Å². The van der Waals surface area contributed by atoms with Gasteiger partial charge in [0.25, 0.3) is 11.8 Å². The van der Waals surface area contributed by atoms with Gasteiger partial charge in [0, 0.05) is 104 Å². The van der Waals surface area contributed by atoms with Crippen LogP contribution in [0.3, 0.4) is 0 Å². The van der Waals surface area contributed by atoms with Crippen LogP contribution in [0.1, 0.15) is 35.5 Å². The van der Waals surface area contributed by atoms with Crippen LogP contribution in [0.25, 0.3) is 54.8 Å². The molecule has 6 heterocycles. The van der Waals surface area contributed by atoms with Crippen molar-refractivity contribution in [3.63, 3.8) is 0 Å². The largest absolute Gasteiger partial charge is 0.361 e. The lowest BCUT2D eigenvalue weighted by Crippen LogP contribution is -2.26. The third kappa shape index (κ3) is 5.19. The van der Waals surface area contributed by atoms with E-state index in [2.05, 4.69) is 51.8 Å². The predicted molar refractivity (Wildman–Crippen MR) is 219 cm³/mol. The number of aromatic amines is 4. The van der Waals surface area contributed by atoms with Crippen molar-refractivity contribution in [1.29, 1.82) is 0 Å². The minimum Gasteiger partial charge on any atom is -0.361 e. The number of nitrogens with zero attached hydrogens (tertiary/aromatic N) is 2. The summed E-state index contributed by atoms with van der Waals surface area (Å²) >= 11 is 6.99. The fourth-order valence-electron chi connectivity index (χ4n) is 7.88. The first-order valence-corrected chi connectivity index (χ1v) is 18.7. The number of likely N-dealkylation sites (tertiary alicyclic amines) is 1. The maximum absolute atomic E-state index is 13.1. The first-order chi connectivity index (χ1) is 26.1. The number of hydrogen-bond acceptors (Lipinski definition) is 4. The molecule has 4 aromatic heterocycles. The Labute approximate surface area is 326 Å². The normalized spacial score (nSPS) is 17.6. The number of likely N-dealkylation sites (N-methyl/N-ethyl adjacent to an activating group) is 2. The average Bonchev–Trinajstić information content (AvgIpc) is 4.03. The van der Waals surface area contributed by atoms with Gasteiger partial charge in [-0.1, -0.05) is 68.3 Å². The van der Waals surface area contributed by atoms with Gasteiger partial charge in [-0.05, 0) is 59.7 Å². The van der Waals surface area contributed by atoms with E-state index < -0.39 is 11.8 Å². The number of aromatic nitrogens is 4. The highest BCUT2D eigenvalue weighted by Crippen LogP contribution is 2.46. The van der Waals surface area contributed by atoms with Gasteiger partial charge >= 0.3 is 0 Å². The van der Waals surface area contributed by atoms with Crippen LogP contribution < -0.4 is 0 Å². The summed E-state index contributed by atoms with van der Waals surface area (Å²) in [4.78, 5) is 67.4. The van der Waals surface area contributed by atoms with Crippen LogP contribution in [0.4, 0.5) is 0 Å². The number of para-hydroxylation sites is 2. The van der Waals surface area contributed by atoms with E-state index in [4.69, 9.17) is 0 Å². The highest BCUT2D eigenvalue weighted by molar-refractivity contribution is 9.10. The maximum Gasteiger partial charge on any atom is 0.261 e. The van der Waals surface area contributed by atoms with Gasteiger partial charge in [-0.15, -0.1) is 0 Å². The Morgan fingerprint density at radius 3 is 1.52 bits per heavy atom. The van der Waals surface area contributed by atoms with Gasteiger partial charge in [-0.25, -0.2) is 0 Å². The summed E-state index contributed by atoms with van der Waals surface area (Å²) < 4.78 is 1.85. The Morgan fingerprint density at radius 2 is 0.926 bits per heavy atom. The molecule has 1 saturated heterocycles. The number of amides is 4. The number of rotatable bonds is 4. The summed E-state index contributed by atoms with van der Waals surface area (Å²) in [6.07, 6.45) is 7.31. The number of hydrogen-bond donors (Lipinski definition) is 4. The van der Waals surface area contributed by atoms with Crippen molar-refractivity contribution in [3.8, 4) is 0 Å². The molecule has 2 aliphatic heterocycles. The summed E-state index contributed by atoms with van der Waals surface area (Å²) in [5.74, 6) is -2.01. The minimum absolute atomic E-state index is 0. The molecule has 1 fully saturated rings. The van der Waals surface area contributed by atoms with Gasteiger partial charge in [0.05, 0.1) is 23.0 Å². The van der Waals surface area contributed by atoms with E-state index in [-0.39, 0.29) is 25.1 Å². The van der Waals surface area contributed by atoms with Crippen molar-refractivity contribution >= 4 is 110 Å². The molecule has 4 aromatic carbocycles. The molecule has 4 N–H and O–H groups in total. The smallest absolute Gasteiger partial charge is 0.261 e. The second-order valence-corrected chi connectivity index (χ2v) is 15.3. The number of nitrogens with one attached hydrogen (secondary N) is 4. The molecule has 0 saturated carbocycles. The lowest BCUT2D eigenvalue weighted by molar-refractivity contribution is -0.138. The zero-order valence-corrected chi connectivity index (χ0v) is 32.0. The van der Waals surface area contributed by atoms with E-state index in [9.17, 15) is 19.2 Å². The lowest BCUT2D eigenvalue weighted by atomic mass is 9.83. The fraction of sp³-hybridized carbons (Fsp3) is 0.0952. The number of carbonyl (C=O) groups is 4. The monoisotopic (exact) mass is 843 g/mol. The number of halogens is 2. The van der Waals surface area contributed by atoms with E-state index in [0.29, 0.717) is 11.1 Å². The van der Waals surface area contributed by atoms with Gasteiger partial charge in [-0.3, -0.25) is 29.0 Å². The van der Waals surface area contributed by atoms with Crippen LogP contribution in [0.15, 0.2) is 119 Å². The molecule has 54 heavy (non-hydrogen) atoms. The average molecular weight is 846 g/mol. The first-order valence-electron chi connectivity index (χ1n) is 17.2. The summed E-state index contributed by atoms with van der Waals surface area (Å²) in [6, 6.07) is 27.4. The fourth-order valence-corrected chi connectivity index (χ4v) is 8.60. The molecule has 2 unspecified atom stereocenters. The Kier molecular flexibility index (Phi) is 8.05. The molecule has 0 aliphatic carbocycles. The second kappa shape index (κ2) is 12.9. The first kappa shape index (κ1) is 33.8. The van der Waals surface area contributed by atoms with E-state index >= 15 is 0 Å². The molecule has 2 atom stereocenters. The Morgan fingerprint density at radius 1 is 0.500 bits per heavy atom. The van der Waals surface area contributed by atoms with Gasteiger partial charge in [0.1, 0.15) is 0 Å². The van der Waals surface area contributed by atoms with Crippen molar-refractivity contribution in [2.75, 3.05) is 14.1 Å². The van der Waals surface area contributed by atoms with E-state index in [1.807, 2.05) is 97.3 Å². The highest BCUT2D eigenvalue weighted by atomic mass is 79.9. The summed E-state index contributed by atoms with van der Waals surface area (Å²) in [5.41, 5.74) is 7.79. The number of imide groups is 2. The SMILES string of the molecule is CN1C(=O)C(c2c[nH]c3ccccc23)=C(c2c[nH]c3ccc(Br)cc23)C1=O.CN1C(=O)C(c2c[nH]c3ccccc23)C(c2c[nH]c3ccc(Br)cc23)C1=O.[2HH]. The Balaban J connectivity index is 0.000000153. The van der Waals surface area contributed by atoms with Gasteiger partial charge < -0.3 is 19.9 Å². The third-order valence-electron chi connectivity index (χ3n) is 10.6. The van der Waals surface area contributed by atoms with Crippen molar-refractivity contribution in [2.45, 2.75) is 11.8 Å². The molecule has 4 amide bonds. The van der Waals surface area contributed by atoms with Crippen LogP contribution in [0.2, 0.25) is 0 Å². The molecule has 12 heteroatoms. The molecule has 268 valence electrons. The van der Waals surface area contributed by atoms with Crippen LogP contribution in [-0.4, -0.2) is 67.5 Å². The number of fused-ring (bicyclic) bond motifs is 4. The zero-order chi connectivity index (χ0) is 37.4. The quantitative estimate of drug-likeness (QED) is 0.132. The Hall–Kier alpha value is -5.98. The van der Waals surface area contributed by atoms with Gasteiger partial charge in [-0.2, -0.15) is 0 Å². The molecule has 0 bridgehead atoms. The summed E-state index contributed by atoms with van der Waals surface area (Å²) in [6.45, 7) is 0. The Bertz CT molecular complexity index is 2920. The lowest BCUT2D eigenvalue weighted by Gasteiger charge is -2.14. The van der Waals surface area contributed by atoms with E-state index in [1.165, 1.54) is 16.8 Å². The molecule has 8 aromatic rings. The van der Waals surface area contributed by atoms with E-state index in [1.54, 1.807) is 19.4 Å². The molecule has 10 nitrogen and oxygen atoms in total. The molecule has 2 aliphatic rings. The van der Waals surface area contributed by atoms with Crippen LogP contribution >= 0.6 is 31.9 Å². The van der Waals surface area contributed by atoms with Crippen molar-refractivity contribution < 1.29 is 20.6 Å². The number of H-pyrrole nitrogens is 4. The standard InChI is InChI=1S/C21H16BrN3O2.C21H14BrN3O2.H2/c2*1-25-20(26)18(14-9-23-16-5-3-2-4-12(14)16)19(21(25)27)15-10-24-17-7-6-11(22)8-13(15)17;/h2-10,18-19,23-24H,1H3;2-10,23-24H,1H3;1H/i;;1+1. The van der Waals surface area contributed by atoms with Crippen molar-refractivity contribution in [2.24, 2.45) is 0 Å². The molecule has 0 radical (unpaired) electrons. The van der Waals surface area contributed by atoms with Crippen molar-refractivity contribution in [1.82, 2.24) is 29.7 Å². The molecule has 10 rings (SSSR count). The molecular weight excluding hydrogens is 812 g/mol. The summed E-state index contributed by atoms with van der Waals surface area (Å²) in [7, 11) is 3.09. The van der Waals surface area contributed by atoms with Gasteiger partial charge in [0.2, 0.25) is 11.8 Å². The van der Waals surface area contributed by atoms with Crippen molar-refractivity contribution in [3.05, 3.63) is 141 Å². The van der Waals surface area contributed by atoms with Crippen LogP contribution in [0.5, 0.6) is 0 Å². The molecule has 0 spiro atoms. The maximum atomic E-state index is 13.1. The molecular formula is C42H32Br2N6O4.